The van der Waals surface area contributed by atoms with Crippen molar-refractivity contribution >= 4 is 43.8 Å². The van der Waals surface area contributed by atoms with Gasteiger partial charge in [-0.2, -0.15) is 5.26 Å². The van der Waals surface area contributed by atoms with Gasteiger partial charge in [-0.1, -0.05) is 84.9 Å². The Morgan fingerprint density at radius 2 is 1.50 bits per heavy atom. The maximum absolute atomic E-state index is 9.80. The molecule has 1 aliphatic heterocycles. The van der Waals surface area contributed by atoms with Crippen LogP contribution in [0.25, 0.3) is 49.2 Å². The number of aromatic nitrogens is 2. The molecule has 10 rings (SSSR count). The number of allylic oxidation sites excluding steroid dienone is 2. The maximum Gasteiger partial charge on any atom is 0.0991 e. The SMILES string of the molecule is N#Cc1cccc(C2=N/C(C3CCc4ccccc4-c4cc5c6ccccc6n6c7ccccc7c(c43)c56)=C\CCc3cccnc32)c1. The van der Waals surface area contributed by atoms with Gasteiger partial charge < -0.3 is 4.40 Å². The van der Waals surface area contributed by atoms with Crippen LogP contribution in [0.2, 0.25) is 0 Å². The van der Waals surface area contributed by atoms with Crippen molar-refractivity contribution in [1.29, 1.82) is 5.26 Å². The number of nitrogens with zero attached hydrogens (tertiary/aromatic N) is 4. The number of aliphatic imine (C=N–C) groups is 1. The van der Waals surface area contributed by atoms with E-state index in [0.717, 1.165) is 48.3 Å². The Morgan fingerprint density at radius 3 is 2.40 bits per heavy atom. The highest BCUT2D eigenvalue weighted by atomic mass is 14.9. The van der Waals surface area contributed by atoms with Crippen molar-refractivity contribution in [3.8, 4) is 17.2 Å². The number of aryl methyl sites for hydroxylation is 2. The molecular formula is C44H30N4. The van der Waals surface area contributed by atoms with Crippen molar-refractivity contribution in [1.82, 2.24) is 9.38 Å². The fraction of sp³-hybridized carbons (Fsp3) is 0.114. The van der Waals surface area contributed by atoms with E-state index in [1.807, 2.05) is 30.5 Å². The minimum atomic E-state index is 0.0591. The smallest absolute Gasteiger partial charge is 0.0991 e. The fourth-order valence-corrected chi connectivity index (χ4v) is 8.48. The molecule has 8 aromatic rings. The third-order valence-electron chi connectivity index (χ3n) is 10.5. The summed E-state index contributed by atoms with van der Waals surface area (Å²) in [5.41, 5.74) is 14.7. The van der Waals surface area contributed by atoms with Gasteiger partial charge in [0.1, 0.15) is 0 Å². The zero-order valence-corrected chi connectivity index (χ0v) is 26.3. The van der Waals surface area contributed by atoms with E-state index in [9.17, 15) is 5.26 Å². The van der Waals surface area contributed by atoms with E-state index >= 15 is 0 Å². The molecule has 0 saturated carbocycles. The van der Waals surface area contributed by atoms with Crippen molar-refractivity contribution in [2.45, 2.75) is 31.6 Å². The Bertz CT molecular complexity index is 2700. The predicted molar refractivity (Wildman–Crippen MR) is 195 cm³/mol. The van der Waals surface area contributed by atoms with Crippen LogP contribution >= 0.6 is 0 Å². The Balaban J connectivity index is 1.32. The molecule has 0 amide bonds. The first-order valence-electron chi connectivity index (χ1n) is 16.8. The van der Waals surface area contributed by atoms with Gasteiger partial charge in [-0.05, 0) is 89.9 Å². The average Bonchev–Trinajstić information content (AvgIpc) is 3.59. The average molecular weight is 615 g/mol. The van der Waals surface area contributed by atoms with Gasteiger partial charge in [-0.25, -0.2) is 0 Å². The lowest BCUT2D eigenvalue weighted by Crippen LogP contribution is -2.14. The second-order valence-corrected chi connectivity index (χ2v) is 13.1. The standard InChI is InChI=1S/C44H30N4/c45-26-27-10-7-13-30(24-27)43-42-29(14-9-23-46-42)12-8-18-37(47-43)33-22-21-28-11-1-2-15-31(28)35-25-36-32-16-3-5-19-38(32)48-39-20-6-4-17-34(39)41(40(33)35)44(36)48/h1-7,9-11,13-20,23-25,33H,8,12,21-22H2/b37-18-,47-43?. The van der Waals surface area contributed by atoms with E-state index < -0.39 is 0 Å². The van der Waals surface area contributed by atoms with Crippen molar-refractivity contribution in [2.24, 2.45) is 4.99 Å². The molecule has 2 aliphatic rings. The van der Waals surface area contributed by atoms with E-state index in [0.29, 0.717) is 5.56 Å². The highest BCUT2D eigenvalue weighted by molar-refractivity contribution is 6.26. The minimum absolute atomic E-state index is 0.0591. The van der Waals surface area contributed by atoms with Gasteiger partial charge in [0.25, 0.3) is 0 Å². The maximum atomic E-state index is 9.80. The molecule has 0 radical (unpaired) electrons. The van der Waals surface area contributed by atoms with E-state index in [-0.39, 0.29) is 5.92 Å². The first-order valence-corrected chi connectivity index (χ1v) is 16.8. The molecule has 0 saturated heterocycles. The van der Waals surface area contributed by atoms with Gasteiger partial charge in [-0.3, -0.25) is 9.98 Å². The van der Waals surface area contributed by atoms with Crippen LogP contribution in [0.1, 0.15) is 52.3 Å². The number of nitriles is 1. The lowest BCUT2D eigenvalue weighted by molar-refractivity contribution is 0.703. The summed E-state index contributed by atoms with van der Waals surface area (Å²) in [7, 11) is 0. The first kappa shape index (κ1) is 27.1. The van der Waals surface area contributed by atoms with Crippen LogP contribution in [0.4, 0.5) is 0 Å². The fourth-order valence-electron chi connectivity index (χ4n) is 8.48. The highest BCUT2D eigenvalue weighted by Crippen LogP contribution is 2.51. The number of benzene rings is 5. The molecule has 5 aromatic carbocycles. The van der Waals surface area contributed by atoms with Crippen molar-refractivity contribution < 1.29 is 0 Å². The quantitative estimate of drug-likeness (QED) is 0.195. The number of rotatable bonds is 2. The van der Waals surface area contributed by atoms with Crippen LogP contribution in [-0.2, 0) is 12.8 Å². The molecule has 4 heterocycles. The van der Waals surface area contributed by atoms with Crippen molar-refractivity contribution in [3.63, 3.8) is 0 Å². The lowest BCUT2D eigenvalue weighted by Gasteiger charge is -2.23. The molecule has 4 heteroatoms. The third kappa shape index (κ3) is 3.88. The number of hydrogen-bond donors (Lipinski definition) is 0. The second-order valence-electron chi connectivity index (χ2n) is 13.1. The number of hydrogen-bond acceptors (Lipinski definition) is 3. The number of pyridine rings is 1. The van der Waals surface area contributed by atoms with Crippen LogP contribution in [-0.4, -0.2) is 15.1 Å². The normalized spacial score (nSPS) is 17.1. The molecule has 0 N–H and O–H groups in total. The third-order valence-corrected chi connectivity index (χ3v) is 10.5. The van der Waals surface area contributed by atoms with Gasteiger partial charge in [-0.15, -0.1) is 0 Å². The lowest BCUT2D eigenvalue weighted by atomic mass is 9.83. The molecule has 1 atom stereocenters. The van der Waals surface area contributed by atoms with Crippen LogP contribution in [0.15, 0.2) is 138 Å². The Hall–Kier alpha value is -6.05. The highest BCUT2D eigenvalue weighted by Gasteiger charge is 2.32. The molecular weight excluding hydrogens is 585 g/mol. The molecule has 0 spiro atoms. The number of fused-ring (bicyclic) bond motifs is 11. The zero-order chi connectivity index (χ0) is 31.8. The van der Waals surface area contributed by atoms with Gasteiger partial charge in [0.15, 0.2) is 0 Å². The predicted octanol–water partition coefficient (Wildman–Crippen LogP) is 10.2. The van der Waals surface area contributed by atoms with E-state index in [4.69, 9.17) is 9.98 Å². The van der Waals surface area contributed by atoms with E-state index in [1.54, 1.807) is 0 Å². The summed E-state index contributed by atoms with van der Waals surface area (Å²) in [4.78, 5) is 10.5. The van der Waals surface area contributed by atoms with Crippen molar-refractivity contribution in [2.75, 3.05) is 0 Å². The summed E-state index contributed by atoms with van der Waals surface area (Å²) in [6.07, 6.45) is 7.91. The molecule has 1 aliphatic carbocycles. The molecule has 48 heavy (non-hydrogen) atoms. The molecule has 0 bridgehead atoms. The van der Waals surface area contributed by atoms with Crippen LogP contribution in [0.3, 0.4) is 0 Å². The van der Waals surface area contributed by atoms with E-state index in [2.05, 4.69) is 108 Å². The molecule has 1 unspecified atom stereocenters. The molecule has 4 nitrogen and oxygen atoms in total. The summed E-state index contributed by atoms with van der Waals surface area (Å²) in [5.74, 6) is 0.0591. The monoisotopic (exact) mass is 614 g/mol. The summed E-state index contributed by atoms with van der Waals surface area (Å²) in [6, 6.07) is 43.5. The minimum Gasteiger partial charge on any atom is -0.308 e. The Kier molecular flexibility index (Phi) is 5.92. The first-order chi connectivity index (χ1) is 23.8. The van der Waals surface area contributed by atoms with Crippen LogP contribution in [0, 0.1) is 11.3 Å². The zero-order valence-electron chi connectivity index (χ0n) is 26.3. The van der Waals surface area contributed by atoms with Crippen LogP contribution in [0.5, 0.6) is 0 Å². The molecule has 0 fully saturated rings. The van der Waals surface area contributed by atoms with Gasteiger partial charge in [0, 0.05) is 44.9 Å². The van der Waals surface area contributed by atoms with Crippen LogP contribution < -0.4 is 0 Å². The van der Waals surface area contributed by atoms with Crippen molar-refractivity contribution in [3.05, 3.63) is 167 Å². The Labute approximate surface area is 278 Å². The van der Waals surface area contributed by atoms with Gasteiger partial charge >= 0.3 is 0 Å². The summed E-state index contributed by atoms with van der Waals surface area (Å²) in [5, 5.41) is 15.0. The second kappa shape index (κ2) is 10.5. The van der Waals surface area contributed by atoms with E-state index in [1.165, 1.54) is 65.9 Å². The summed E-state index contributed by atoms with van der Waals surface area (Å²) in [6.45, 7) is 0. The molecule has 226 valence electrons. The molecule has 3 aromatic heterocycles. The summed E-state index contributed by atoms with van der Waals surface area (Å²) >= 11 is 0. The van der Waals surface area contributed by atoms with Gasteiger partial charge in [0.2, 0.25) is 0 Å². The number of para-hydroxylation sites is 2. The van der Waals surface area contributed by atoms with Gasteiger partial charge in [0.05, 0.1) is 39.6 Å². The summed E-state index contributed by atoms with van der Waals surface area (Å²) < 4.78 is 2.48. The Morgan fingerprint density at radius 1 is 0.708 bits per heavy atom. The largest absolute Gasteiger partial charge is 0.308 e. The topological polar surface area (TPSA) is 53.5 Å².